The van der Waals surface area contributed by atoms with Crippen LogP contribution in [0.1, 0.15) is 37.0 Å². The number of piperidine rings is 1. The van der Waals surface area contributed by atoms with Crippen LogP contribution in [0, 0.1) is 12.8 Å². The number of rotatable bonds is 6. The van der Waals surface area contributed by atoms with E-state index in [1.165, 1.54) is 37.8 Å². The van der Waals surface area contributed by atoms with Gasteiger partial charge in [-0.25, -0.2) is 0 Å². The number of halogens is 1. The molecule has 1 aliphatic heterocycles. The zero-order valence-corrected chi connectivity index (χ0v) is 15.7. The number of likely N-dealkylation sites (tertiary alicyclic amines) is 1. The lowest BCUT2D eigenvalue weighted by atomic mass is 10.0. The largest absolute Gasteiger partial charge is 0.359 e. The van der Waals surface area contributed by atoms with E-state index in [0.717, 1.165) is 42.6 Å². The van der Waals surface area contributed by atoms with Crippen LogP contribution in [0.25, 0.3) is 11.3 Å². The van der Waals surface area contributed by atoms with E-state index in [1.54, 1.807) is 0 Å². The zero-order chi connectivity index (χ0) is 16.4. The Morgan fingerprint density at radius 3 is 2.52 bits per heavy atom. The van der Waals surface area contributed by atoms with Gasteiger partial charge in [-0.2, -0.15) is 0 Å². The first kappa shape index (κ1) is 18.4. The molecule has 25 heavy (non-hydrogen) atoms. The van der Waals surface area contributed by atoms with E-state index >= 15 is 0 Å². The number of hydrogen-bond donors (Lipinski definition) is 1. The molecule has 0 unspecified atom stereocenters. The lowest BCUT2D eigenvalue weighted by Crippen LogP contribution is -2.42. The standard InChI is InChI=1S/C20H27N3O.ClH/c1-15-2-6-17(7-3-15)20-12-19(24-22-20)14-23-10-8-18(9-11-23)21-13-16-4-5-16;/h2-3,6-7,12,16,18,21H,4-5,8-11,13-14H2,1H3;1H. The summed E-state index contributed by atoms with van der Waals surface area (Å²) < 4.78 is 5.56. The fourth-order valence-corrected chi connectivity index (χ4v) is 3.42. The van der Waals surface area contributed by atoms with Gasteiger partial charge in [0.1, 0.15) is 5.69 Å². The van der Waals surface area contributed by atoms with Gasteiger partial charge >= 0.3 is 0 Å². The molecule has 2 aliphatic rings. The molecule has 0 amide bonds. The zero-order valence-electron chi connectivity index (χ0n) is 14.9. The number of aromatic nitrogens is 1. The van der Waals surface area contributed by atoms with E-state index < -0.39 is 0 Å². The number of aryl methyl sites for hydroxylation is 1. The molecular formula is C20H28ClN3O. The predicted octanol–water partition coefficient (Wildman–Crippen LogP) is 4.04. The Kier molecular flexibility index (Phi) is 6.15. The van der Waals surface area contributed by atoms with Crippen molar-refractivity contribution in [3.63, 3.8) is 0 Å². The summed E-state index contributed by atoms with van der Waals surface area (Å²) >= 11 is 0. The van der Waals surface area contributed by atoms with Gasteiger partial charge in [0.25, 0.3) is 0 Å². The third-order valence-electron chi connectivity index (χ3n) is 5.27. The molecule has 2 heterocycles. The van der Waals surface area contributed by atoms with Crippen molar-refractivity contribution in [2.24, 2.45) is 5.92 Å². The Morgan fingerprint density at radius 1 is 1.12 bits per heavy atom. The Balaban J connectivity index is 0.00000182. The van der Waals surface area contributed by atoms with Crippen molar-refractivity contribution >= 4 is 12.4 Å². The molecule has 0 atom stereocenters. The molecule has 1 saturated carbocycles. The average Bonchev–Trinajstić information content (AvgIpc) is 3.33. The van der Waals surface area contributed by atoms with Crippen LogP contribution in [-0.4, -0.2) is 35.7 Å². The molecule has 1 aromatic heterocycles. The second-order valence-electron chi connectivity index (χ2n) is 7.45. The van der Waals surface area contributed by atoms with Crippen molar-refractivity contribution in [2.75, 3.05) is 19.6 Å². The van der Waals surface area contributed by atoms with Crippen molar-refractivity contribution in [1.82, 2.24) is 15.4 Å². The number of nitrogens with zero attached hydrogens (tertiary/aromatic N) is 2. The third-order valence-corrected chi connectivity index (χ3v) is 5.27. The monoisotopic (exact) mass is 361 g/mol. The second kappa shape index (κ2) is 8.35. The molecule has 2 fully saturated rings. The molecule has 1 aromatic carbocycles. The van der Waals surface area contributed by atoms with Gasteiger partial charge in [-0.05, 0) is 45.1 Å². The number of nitrogens with one attached hydrogen (secondary N) is 1. The summed E-state index contributed by atoms with van der Waals surface area (Å²) in [5, 5.41) is 7.97. The Hall–Kier alpha value is -1.36. The number of hydrogen-bond acceptors (Lipinski definition) is 4. The van der Waals surface area contributed by atoms with E-state index in [9.17, 15) is 0 Å². The lowest BCUT2D eigenvalue weighted by Gasteiger charge is -2.31. The highest BCUT2D eigenvalue weighted by Gasteiger charge is 2.24. The van der Waals surface area contributed by atoms with Gasteiger partial charge in [0, 0.05) is 30.8 Å². The molecule has 1 aliphatic carbocycles. The minimum atomic E-state index is 0. The molecule has 0 bridgehead atoms. The first-order valence-electron chi connectivity index (χ1n) is 9.24. The summed E-state index contributed by atoms with van der Waals surface area (Å²) in [7, 11) is 0. The van der Waals surface area contributed by atoms with Gasteiger partial charge in [0.15, 0.2) is 5.76 Å². The Labute approximate surface area is 156 Å². The molecule has 2 aromatic rings. The maximum Gasteiger partial charge on any atom is 0.151 e. The van der Waals surface area contributed by atoms with E-state index in [4.69, 9.17) is 4.52 Å². The molecule has 136 valence electrons. The molecular weight excluding hydrogens is 334 g/mol. The average molecular weight is 362 g/mol. The molecule has 1 N–H and O–H groups in total. The van der Waals surface area contributed by atoms with Gasteiger partial charge in [-0.1, -0.05) is 35.0 Å². The van der Waals surface area contributed by atoms with Crippen molar-refractivity contribution in [3.05, 3.63) is 41.7 Å². The van der Waals surface area contributed by atoms with E-state index in [0.29, 0.717) is 6.04 Å². The fourth-order valence-electron chi connectivity index (χ4n) is 3.42. The van der Waals surface area contributed by atoms with Crippen LogP contribution in [-0.2, 0) is 6.54 Å². The third kappa shape index (κ3) is 5.06. The SMILES string of the molecule is Cc1ccc(-c2cc(CN3CCC(NCC4CC4)CC3)on2)cc1.Cl. The predicted molar refractivity (Wildman–Crippen MR) is 103 cm³/mol. The van der Waals surface area contributed by atoms with Gasteiger partial charge in [0.05, 0.1) is 6.54 Å². The first-order valence-corrected chi connectivity index (χ1v) is 9.24. The van der Waals surface area contributed by atoms with Crippen LogP contribution in [0.2, 0.25) is 0 Å². The number of benzene rings is 1. The molecule has 0 radical (unpaired) electrons. The Morgan fingerprint density at radius 2 is 1.84 bits per heavy atom. The van der Waals surface area contributed by atoms with Crippen LogP contribution in [0.3, 0.4) is 0 Å². The molecule has 1 saturated heterocycles. The van der Waals surface area contributed by atoms with Crippen LogP contribution in [0.15, 0.2) is 34.9 Å². The minimum absolute atomic E-state index is 0. The van der Waals surface area contributed by atoms with Crippen molar-refractivity contribution in [2.45, 2.75) is 45.2 Å². The normalized spacial score (nSPS) is 18.9. The quantitative estimate of drug-likeness (QED) is 0.843. The second-order valence-corrected chi connectivity index (χ2v) is 7.45. The summed E-state index contributed by atoms with van der Waals surface area (Å²) in [6, 6.07) is 11.2. The topological polar surface area (TPSA) is 41.3 Å². The summed E-state index contributed by atoms with van der Waals surface area (Å²) in [5.41, 5.74) is 3.32. The summed E-state index contributed by atoms with van der Waals surface area (Å²) in [6.07, 6.45) is 5.35. The van der Waals surface area contributed by atoms with E-state index in [2.05, 4.69) is 52.6 Å². The summed E-state index contributed by atoms with van der Waals surface area (Å²) in [5.74, 6) is 1.94. The van der Waals surface area contributed by atoms with Crippen molar-refractivity contribution in [3.8, 4) is 11.3 Å². The van der Waals surface area contributed by atoms with Crippen LogP contribution < -0.4 is 5.32 Å². The van der Waals surface area contributed by atoms with Crippen LogP contribution in [0.4, 0.5) is 0 Å². The molecule has 4 nitrogen and oxygen atoms in total. The highest BCUT2D eigenvalue weighted by Crippen LogP contribution is 2.28. The first-order chi connectivity index (χ1) is 11.8. The van der Waals surface area contributed by atoms with Gasteiger partial charge in [0.2, 0.25) is 0 Å². The highest BCUT2D eigenvalue weighted by atomic mass is 35.5. The van der Waals surface area contributed by atoms with Crippen LogP contribution in [0.5, 0.6) is 0 Å². The molecule has 0 spiro atoms. The molecule has 4 rings (SSSR count). The smallest absolute Gasteiger partial charge is 0.151 e. The summed E-state index contributed by atoms with van der Waals surface area (Å²) in [6.45, 7) is 6.48. The van der Waals surface area contributed by atoms with Gasteiger partial charge in [-0.15, -0.1) is 12.4 Å². The fraction of sp³-hybridized carbons (Fsp3) is 0.550. The van der Waals surface area contributed by atoms with Crippen molar-refractivity contribution in [1.29, 1.82) is 0 Å². The molecule has 5 heteroatoms. The van der Waals surface area contributed by atoms with Crippen molar-refractivity contribution < 1.29 is 4.52 Å². The van der Waals surface area contributed by atoms with Gasteiger partial charge < -0.3 is 9.84 Å². The maximum atomic E-state index is 5.56. The summed E-state index contributed by atoms with van der Waals surface area (Å²) in [4.78, 5) is 2.48. The lowest BCUT2D eigenvalue weighted by molar-refractivity contribution is 0.173. The minimum Gasteiger partial charge on any atom is -0.359 e. The van der Waals surface area contributed by atoms with Gasteiger partial charge in [-0.3, -0.25) is 4.90 Å². The Bertz CT molecular complexity index is 658. The maximum absolute atomic E-state index is 5.56. The van der Waals surface area contributed by atoms with E-state index in [1.807, 2.05) is 0 Å². The van der Waals surface area contributed by atoms with E-state index in [-0.39, 0.29) is 12.4 Å². The van der Waals surface area contributed by atoms with Crippen LogP contribution >= 0.6 is 12.4 Å². The highest BCUT2D eigenvalue weighted by molar-refractivity contribution is 5.85.